The van der Waals surface area contributed by atoms with E-state index in [1.54, 1.807) is 0 Å². The highest BCUT2D eigenvalue weighted by atomic mass is 16.3. The van der Waals surface area contributed by atoms with Gasteiger partial charge in [0.15, 0.2) is 0 Å². The molecule has 1 aromatic carbocycles. The number of aliphatic hydroxyl groups excluding tert-OH is 1. The van der Waals surface area contributed by atoms with Crippen molar-refractivity contribution in [1.29, 1.82) is 0 Å². The Bertz CT molecular complexity index is 514. The Kier molecular flexibility index (Phi) is 3.03. The van der Waals surface area contributed by atoms with Gasteiger partial charge in [-0.25, -0.2) is 4.68 Å². The van der Waals surface area contributed by atoms with Gasteiger partial charge < -0.3 is 5.11 Å². The molecular formula is C14H18N2O. The summed E-state index contributed by atoms with van der Waals surface area (Å²) in [6, 6.07) is 8.13. The summed E-state index contributed by atoms with van der Waals surface area (Å²) in [7, 11) is 0. The molecule has 2 rings (SSSR count). The second kappa shape index (κ2) is 4.34. The molecule has 0 unspecified atom stereocenters. The van der Waals surface area contributed by atoms with Crippen LogP contribution in [0.15, 0.2) is 36.7 Å². The maximum absolute atomic E-state index is 9.39. The molecule has 0 aliphatic carbocycles. The fourth-order valence-electron chi connectivity index (χ4n) is 1.71. The maximum atomic E-state index is 9.39. The van der Waals surface area contributed by atoms with Crippen LogP contribution in [0.5, 0.6) is 0 Å². The molecule has 1 heterocycles. The first-order valence-corrected chi connectivity index (χ1v) is 5.76. The zero-order valence-electron chi connectivity index (χ0n) is 10.5. The molecule has 0 saturated carbocycles. The normalized spacial score (nSPS) is 11.8. The topological polar surface area (TPSA) is 38.0 Å². The minimum absolute atomic E-state index is 0.134. The van der Waals surface area contributed by atoms with Crippen LogP contribution in [0.3, 0.4) is 0 Å². The molecule has 2 aromatic rings. The Morgan fingerprint density at radius 1 is 1.35 bits per heavy atom. The van der Waals surface area contributed by atoms with Gasteiger partial charge in [-0.3, -0.25) is 0 Å². The molecule has 1 aromatic heterocycles. The lowest BCUT2D eigenvalue weighted by atomic mass is 9.85. The SMILES string of the molecule is Cc1cnn(-c2cccc(C(C)(C)CO)c2)c1. The van der Waals surface area contributed by atoms with Crippen molar-refractivity contribution >= 4 is 0 Å². The number of aromatic nitrogens is 2. The third-order valence-corrected chi connectivity index (χ3v) is 3.00. The molecule has 17 heavy (non-hydrogen) atoms. The van der Waals surface area contributed by atoms with Gasteiger partial charge in [-0.1, -0.05) is 26.0 Å². The Morgan fingerprint density at radius 2 is 2.12 bits per heavy atom. The lowest BCUT2D eigenvalue weighted by molar-refractivity contribution is 0.218. The van der Waals surface area contributed by atoms with Crippen LogP contribution in [0.25, 0.3) is 5.69 Å². The Morgan fingerprint density at radius 3 is 2.71 bits per heavy atom. The summed E-state index contributed by atoms with van der Waals surface area (Å²) in [5.41, 5.74) is 3.05. The predicted octanol–water partition coefficient (Wildman–Crippen LogP) is 2.45. The van der Waals surface area contributed by atoms with E-state index in [0.29, 0.717) is 0 Å². The molecule has 3 nitrogen and oxygen atoms in total. The highest BCUT2D eigenvalue weighted by Crippen LogP contribution is 2.24. The smallest absolute Gasteiger partial charge is 0.0648 e. The molecule has 0 spiro atoms. The van der Waals surface area contributed by atoms with Gasteiger partial charge in [0.1, 0.15) is 0 Å². The fraction of sp³-hybridized carbons (Fsp3) is 0.357. The summed E-state index contributed by atoms with van der Waals surface area (Å²) in [6.07, 6.45) is 3.83. The first-order chi connectivity index (χ1) is 8.03. The van der Waals surface area contributed by atoms with E-state index in [9.17, 15) is 5.11 Å². The summed E-state index contributed by atoms with van der Waals surface area (Å²) in [4.78, 5) is 0. The van der Waals surface area contributed by atoms with E-state index in [2.05, 4.69) is 11.2 Å². The second-order valence-corrected chi connectivity index (χ2v) is 5.05. The zero-order valence-corrected chi connectivity index (χ0v) is 10.5. The number of benzene rings is 1. The number of nitrogens with zero attached hydrogens (tertiary/aromatic N) is 2. The van der Waals surface area contributed by atoms with Crippen LogP contribution in [-0.4, -0.2) is 21.5 Å². The van der Waals surface area contributed by atoms with E-state index in [1.165, 1.54) is 0 Å². The number of rotatable bonds is 3. The minimum atomic E-state index is -0.224. The molecule has 0 amide bonds. The summed E-state index contributed by atoms with van der Waals surface area (Å²) >= 11 is 0. The molecule has 1 N–H and O–H groups in total. The van der Waals surface area contributed by atoms with Crippen LogP contribution in [0, 0.1) is 6.92 Å². The molecule has 0 aliphatic rings. The molecule has 3 heteroatoms. The average molecular weight is 230 g/mol. The van der Waals surface area contributed by atoms with Crippen molar-refractivity contribution in [2.24, 2.45) is 0 Å². The molecule has 0 aliphatic heterocycles. The average Bonchev–Trinajstić information content (AvgIpc) is 2.76. The number of aliphatic hydroxyl groups is 1. The van der Waals surface area contributed by atoms with Crippen LogP contribution in [0.2, 0.25) is 0 Å². The van der Waals surface area contributed by atoms with Gasteiger partial charge in [-0.2, -0.15) is 5.10 Å². The van der Waals surface area contributed by atoms with Crippen molar-refractivity contribution < 1.29 is 5.11 Å². The highest BCUT2D eigenvalue weighted by Gasteiger charge is 2.19. The van der Waals surface area contributed by atoms with Crippen LogP contribution in [-0.2, 0) is 5.41 Å². The first-order valence-electron chi connectivity index (χ1n) is 5.76. The third-order valence-electron chi connectivity index (χ3n) is 3.00. The standard InChI is InChI=1S/C14H18N2O/c1-11-8-15-16(9-11)13-6-4-5-12(7-13)14(2,3)10-17/h4-9,17H,10H2,1-3H3. The number of aryl methyl sites for hydroxylation is 1. The summed E-state index contributed by atoms with van der Waals surface area (Å²) in [6.45, 7) is 6.21. The predicted molar refractivity (Wildman–Crippen MR) is 68.4 cm³/mol. The molecule has 0 atom stereocenters. The van der Waals surface area contributed by atoms with Crippen LogP contribution >= 0.6 is 0 Å². The van der Waals surface area contributed by atoms with Crippen LogP contribution in [0.1, 0.15) is 25.0 Å². The van der Waals surface area contributed by atoms with Crippen LogP contribution < -0.4 is 0 Å². The van der Waals surface area contributed by atoms with Gasteiger partial charge in [0.05, 0.1) is 18.5 Å². The van der Waals surface area contributed by atoms with Crippen molar-refractivity contribution in [2.75, 3.05) is 6.61 Å². The van der Waals surface area contributed by atoms with Gasteiger partial charge in [0.2, 0.25) is 0 Å². The monoisotopic (exact) mass is 230 g/mol. The Hall–Kier alpha value is -1.61. The van der Waals surface area contributed by atoms with E-state index in [4.69, 9.17) is 0 Å². The van der Waals surface area contributed by atoms with Crippen molar-refractivity contribution in [3.8, 4) is 5.69 Å². The lowest BCUT2D eigenvalue weighted by Crippen LogP contribution is -2.22. The second-order valence-electron chi connectivity index (χ2n) is 5.05. The largest absolute Gasteiger partial charge is 0.395 e. The maximum Gasteiger partial charge on any atom is 0.0648 e. The zero-order chi connectivity index (χ0) is 12.5. The quantitative estimate of drug-likeness (QED) is 0.879. The third kappa shape index (κ3) is 2.39. The minimum Gasteiger partial charge on any atom is -0.395 e. The highest BCUT2D eigenvalue weighted by molar-refractivity contribution is 5.38. The Balaban J connectivity index is 2.42. The molecular weight excluding hydrogens is 212 g/mol. The molecule has 0 radical (unpaired) electrons. The van der Waals surface area contributed by atoms with Crippen molar-refractivity contribution in [3.05, 3.63) is 47.8 Å². The van der Waals surface area contributed by atoms with Crippen molar-refractivity contribution in [1.82, 2.24) is 9.78 Å². The van der Waals surface area contributed by atoms with Gasteiger partial charge in [0, 0.05) is 11.6 Å². The van der Waals surface area contributed by atoms with E-state index in [-0.39, 0.29) is 12.0 Å². The van der Waals surface area contributed by atoms with Gasteiger partial charge in [-0.05, 0) is 30.2 Å². The molecule has 0 fully saturated rings. The molecule has 0 bridgehead atoms. The molecule has 0 saturated heterocycles. The number of hydrogen-bond donors (Lipinski definition) is 1. The van der Waals surface area contributed by atoms with Crippen molar-refractivity contribution in [2.45, 2.75) is 26.2 Å². The lowest BCUT2D eigenvalue weighted by Gasteiger charge is -2.22. The van der Waals surface area contributed by atoms with E-state index < -0.39 is 0 Å². The first kappa shape index (κ1) is 11.9. The van der Waals surface area contributed by atoms with Crippen molar-refractivity contribution in [3.63, 3.8) is 0 Å². The fourth-order valence-corrected chi connectivity index (χ4v) is 1.71. The van der Waals surface area contributed by atoms with E-state index in [0.717, 1.165) is 16.8 Å². The Labute approximate surface area is 102 Å². The molecule has 90 valence electrons. The summed E-state index contributed by atoms with van der Waals surface area (Å²) < 4.78 is 1.85. The number of hydrogen-bond acceptors (Lipinski definition) is 2. The summed E-state index contributed by atoms with van der Waals surface area (Å²) in [5.74, 6) is 0. The van der Waals surface area contributed by atoms with E-state index in [1.807, 2.05) is 56.0 Å². The van der Waals surface area contributed by atoms with E-state index >= 15 is 0 Å². The van der Waals surface area contributed by atoms with Crippen LogP contribution in [0.4, 0.5) is 0 Å². The summed E-state index contributed by atoms with van der Waals surface area (Å²) in [5, 5.41) is 13.7. The van der Waals surface area contributed by atoms with Gasteiger partial charge >= 0.3 is 0 Å². The van der Waals surface area contributed by atoms with Gasteiger partial charge in [-0.15, -0.1) is 0 Å². The van der Waals surface area contributed by atoms with Gasteiger partial charge in [0.25, 0.3) is 0 Å².